The van der Waals surface area contributed by atoms with Gasteiger partial charge in [-0.2, -0.15) is 13.2 Å². The molecule has 0 saturated heterocycles. The van der Waals surface area contributed by atoms with E-state index in [1.165, 1.54) is 17.4 Å². The number of anilines is 1. The molecule has 37 heavy (non-hydrogen) atoms. The first kappa shape index (κ1) is 24.5. The molecule has 4 aromatic rings. The maximum atomic E-state index is 13.3. The van der Waals surface area contributed by atoms with E-state index in [1.807, 2.05) is 60.8 Å². The van der Waals surface area contributed by atoms with Gasteiger partial charge in [0.2, 0.25) is 0 Å². The second-order valence-electron chi connectivity index (χ2n) is 8.60. The molecule has 3 aromatic carbocycles. The number of fused-ring (bicyclic) bond motifs is 2. The number of alkyl halides is 3. The van der Waals surface area contributed by atoms with Crippen LogP contribution in [-0.2, 0) is 11.3 Å². The second kappa shape index (κ2) is 9.36. The Hall–Kier alpha value is -4.18. The Morgan fingerprint density at radius 1 is 1.03 bits per heavy atom. The van der Waals surface area contributed by atoms with Gasteiger partial charge in [0.05, 0.1) is 17.2 Å². The fraction of sp³-hybridized carbons (Fsp3) is 0.148. The predicted octanol–water partition coefficient (Wildman–Crippen LogP) is 5.47. The summed E-state index contributed by atoms with van der Waals surface area (Å²) in [4.78, 5) is 37.8. The minimum absolute atomic E-state index is 0.128. The maximum absolute atomic E-state index is 13.3. The zero-order chi connectivity index (χ0) is 26.3. The van der Waals surface area contributed by atoms with Gasteiger partial charge in [-0.25, -0.2) is 0 Å². The third-order valence-electron chi connectivity index (χ3n) is 6.29. The Balaban J connectivity index is 1.57. The van der Waals surface area contributed by atoms with E-state index in [4.69, 9.17) is 0 Å². The molecule has 1 aliphatic heterocycles. The Morgan fingerprint density at radius 2 is 1.76 bits per heavy atom. The fourth-order valence-corrected chi connectivity index (χ4v) is 5.47. The van der Waals surface area contributed by atoms with Crippen LogP contribution in [0.2, 0.25) is 0 Å². The second-order valence-corrected chi connectivity index (χ2v) is 9.52. The lowest BCUT2D eigenvalue weighted by atomic mass is 9.91. The Labute approximate surface area is 213 Å². The predicted molar refractivity (Wildman–Crippen MR) is 135 cm³/mol. The molecule has 2 heterocycles. The molecule has 1 unspecified atom stereocenters. The number of hydrogen-bond donors (Lipinski definition) is 3. The fourth-order valence-electron chi connectivity index (χ4n) is 4.53. The Kier molecular flexibility index (Phi) is 6.20. The maximum Gasteiger partial charge on any atom is 0.471 e. The molecule has 0 spiro atoms. The molecule has 188 valence electrons. The van der Waals surface area contributed by atoms with Gasteiger partial charge in [0.15, 0.2) is 0 Å². The molecule has 1 atom stereocenters. The number of rotatable bonds is 5. The van der Waals surface area contributed by atoms with Gasteiger partial charge >= 0.3 is 12.1 Å². The van der Waals surface area contributed by atoms with E-state index in [-0.39, 0.29) is 17.0 Å². The van der Waals surface area contributed by atoms with Crippen molar-refractivity contribution in [2.45, 2.75) is 25.7 Å². The van der Waals surface area contributed by atoms with Crippen molar-refractivity contribution in [1.82, 2.24) is 10.6 Å². The molecule has 0 bridgehead atoms. The highest BCUT2D eigenvalue weighted by molar-refractivity contribution is 7.17. The summed E-state index contributed by atoms with van der Waals surface area (Å²) < 4.78 is 39.2. The molecule has 6 nitrogen and oxygen atoms in total. The number of benzene rings is 3. The third kappa shape index (κ3) is 4.55. The highest BCUT2D eigenvalue weighted by Gasteiger charge is 2.39. The first-order chi connectivity index (χ1) is 17.6. The van der Waals surface area contributed by atoms with Gasteiger partial charge < -0.3 is 16.0 Å². The van der Waals surface area contributed by atoms with E-state index in [9.17, 15) is 27.6 Å². The van der Waals surface area contributed by atoms with Gasteiger partial charge in [0.1, 0.15) is 0 Å². The van der Waals surface area contributed by atoms with Crippen molar-refractivity contribution in [1.29, 1.82) is 0 Å². The summed E-state index contributed by atoms with van der Waals surface area (Å²) in [5, 5.41) is 10.2. The lowest BCUT2D eigenvalue weighted by molar-refractivity contribution is -0.173. The van der Waals surface area contributed by atoms with E-state index < -0.39 is 30.6 Å². The van der Waals surface area contributed by atoms with Gasteiger partial charge in [0.25, 0.3) is 11.8 Å². The molecule has 0 aliphatic carbocycles. The highest BCUT2D eigenvalue weighted by Crippen LogP contribution is 2.40. The zero-order valence-electron chi connectivity index (χ0n) is 19.4. The average molecular weight is 524 g/mol. The summed E-state index contributed by atoms with van der Waals surface area (Å²) in [6.45, 7) is 1.38. The number of nitrogens with one attached hydrogen (secondary N) is 3. The summed E-state index contributed by atoms with van der Waals surface area (Å²) in [6, 6.07) is 17.2. The van der Waals surface area contributed by atoms with Gasteiger partial charge in [-0.3, -0.25) is 14.4 Å². The summed E-state index contributed by atoms with van der Waals surface area (Å²) in [6.07, 6.45) is -5.05. The number of halogens is 3. The van der Waals surface area contributed by atoms with E-state index in [0.29, 0.717) is 16.8 Å². The lowest BCUT2D eigenvalue weighted by Crippen LogP contribution is -2.36. The molecule has 10 heteroatoms. The van der Waals surface area contributed by atoms with Crippen molar-refractivity contribution in [2.24, 2.45) is 0 Å². The van der Waals surface area contributed by atoms with Crippen LogP contribution in [0.4, 0.5) is 18.9 Å². The molecule has 3 amide bonds. The minimum Gasteiger partial charge on any atom is -0.344 e. The van der Waals surface area contributed by atoms with Crippen molar-refractivity contribution >= 4 is 44.8 Å². The van der Waals surface area contributed by atoms with E-state index >= 15 is 0 Å². The zero-order valence-corrected chi connectivity index (χ0v) is 20.2. The molecule has 0 radical (unpaired) electrons. The molecule has 0 saturated carbocycles. The highest BCUT2D eigenvalue weighted by atomic mass is 32.1. The van der Waals surface area contributed by atoms with Gasteiger partial charge in [0, 0.05) is 33.3 Å². The number of aryl methyl sites for hydroxylation is 1. The van der Waals surface area contributed by atoms with Crippen LogP contribution in [0, 0.1) is 6.92 Å². The topological polar surface area (TPSA) is 87.3 Å². The molecule has 0 fully saturated rings. The van der Waals surface area contributed by atoms with E-state index in [1.54, 1.807) is 11.4 Å². The van der Waals surface area contributed by atoms with Crippen LogP contribution >= 0.6 is 11.3 Å². The molecule has 1 aliphatic rings. The lowest BCUT2D eigenvalue weighted by Gasteiger charge is -2.19. The van der Waals surface area contributed by atoms with Crippen LogP contribution in [0.25, 0.3) is 10.1 Å². The molecular weight excluding hydrogens is 503 g/mol. The summed E-state index contributed by atoms with van der Waals surface area (Å²) in [7, 11) is 0. The summed E-state index contributed by atoms with van der Waals surface area (Å²) in [5.41, 5.74) is 3.27. The van der Waals surface area contributed by atoms with E-state index in [0.717, 1.165) is 21.2 Å². The number of carbonyl (C=O) groups excluding carboxylic acids is 3. The first-order valence-electron chi connectivity index (χ1n) is 11.3. The Morgan fingerprint density at radius 3 is 2.51 bits per heavy atom. The van der Waals surface area contributed by atoms with Crippen LogP contribution in [0.5, 0.6) is 0 Å². The number of carbonyl (C=O) groups is 3. The SMILES string of the molecule is Cc1ccccc1C1NC(=O)c2c(CNC(=O)C(F)(F)F)ccc(NC(=O)c3csc4ccccc34)c21. The van der Waals surface area contributed by atoms with Gasteiger partial charge in [-0.1, -0.05) is 48.5 Å². The smallest absolute Gasteiger partial charge is 0.344 e. The number of amides is 3. The molecule has 3 N–H and O–H groups in total. The monoisotopic (exact) mass is 523 g/mol. The standard InChI is InChI=1S/C27H20F3N3O3S/c1-14-6-2-3-7-16(14)23-22-19(32-24(34)18-13-37-20-9-5-4-8-17(18)20)11-10-15(21(22)25(35)33-23)12-31-26(36)27(28,29)30/h2-11,13,23H,12H2,1H3,(H,31,36)(H,32,34)(H,33,35). The van der Waals surface area contributed by atoms with Gasteiger partial charge in [-0.15, -0.1) is 11.3 Å². The van der Waals surface area contributed by atoms with Crippen molar-refractivity contribution in [3.63, 3.8) is 0 Å². The van der Waals surface area contributed by atoms with Crippen molar-refractivity contribution in [3.8, 4) is 0 Å². The third-order valence-corrected chi connectivity index (χ3v) is 7.26. The summed E-state index contributed by atoms with van der Waals surface area (Å²) in [5.74, 6) is -2.98. The largest absolute Gasteiger partial charge is 0.471 e. The number of hydrogen-bond acceptors (Lipinski definition) is 4. The van der Waals surface area contributed by atoms with E-state index in [2.05, 4.69) is 10.6 Å². The summed E-state index contributed by atoms with van der Waals surface area (Å²) >= 11 is 1.43. The van der Waals surface area contributed by atoms with Crippen molar-refractivity contribution in [2.75, 3.05) is 5.32 Å². The van der Waals surface area contributed by atoms with Crippen molar-refractivity contribution in [3.05, 3.63) is 99.4 Å². The first-order valence-corrected chi connectivity index (χ1v) is 12.2. The van der Waals surface area contributed by atoms with Crippen LogP contribution < -0.4 is 16.0 Å². The number of thiophene rings is 1. The van der Waals surface area contributed by atoms with Gasteiger partial charge in [-0.05, 0) is 35.7 Å². The van der Waals surface area contributed by atoms with Crippen molar-refractivity contribution < 1.29 is 27.6 Å². The molecule has 1 aromatic heterocycles. The average Bonchev–Trinajstić information content (AvgIpc) is 3.45. The Bertz CT molecular complexity index is 1560. The molecular formula is C27H20F3N3O3S. The molecule has 5 rings (SSSR count). The minimum atomic E-state index is -5.05. The van der Waals surface area contributed by atoms with Crippen LogP contribution in [0.1, 0.15) is 49.0 Å². The van der Waals surface area contributed by atoms with Crippen LogP contribution in [0.15, 0.2) is 66.0 Å². The quantitative estimate of drug-likeness (QED) is 0.324. The normalized spacial score (nSPS) is 14.8. The van der Waals surface area contributed by atoms with Crippen LogP contribution in [0.3, 0.4) is 0 Å². The van der Waals surface area contributed by atoms with Crippen LogP contribution in [-0.4, -0.2) is 23.9 Å².